The Balaban J connectivity index is 1.18. The van der Waals surface area contributed by atoms with Gasteiger partial charge in [-0.15, -0.1) is 0 Å². The van der Waals surface area contributed by atoms with Crippen LogP contribution in [0.5, 0.6) is 0 Å². The summed E-state index contributed by atoms with van der Waals surface area (Å²) in [5.41, 5.74) is 15.7. The van der Waals surface area contributed by atoms with E-state index in [-0.39, 0.29) is 5.41 Å². The second-order valence-corrected chi connectivity index (χ2v) is 15.2. The van der Waals surface area contributed by atoms with Gasteiger partial charge in [-0.2, -0.15) is 0 Å². The maximum atomic E-state index is 2.37. The summed E-state index contributed by atoms with van der Waals surface area (Å²) in [5.74, 6) is 0. The van der Waals surface area contributed by atoms with Gasteiger partial charge >= 0.3 is 0 Å². The van der Waals surface area contributed by atoms with E-state index in [4.69, 9.17) is 0 Å². The molecule has 0 amide bonds. The molecule has 52 heavy (non-hydrogen) atoms. The van der Waals surface area contributed by atoms with Crippen LogP contribution >= 0.6 is 0 Å². The van der Waals surface area contributed by atoms with Crippen molar-refractivity contribution in [3.63, 3.8) is 0 Å². The van der Waals surface area contributed by atoms with E-state index in [0.717, 1.165) is 28.2 Å². The molecule has 0 bridgehead atoms. The van der Waals surface area contributed by atoms with Crippen molar-refractivity contribution in [3.05, 3.63) is 191 Å². The highest BCUT2D eigenvalue weighted by Gasteiger charge is 2.18. The molecule has 0 aliphatic heterocycles. The van der Waals surface area contributed by atoms with Crippen LogP contribution in [-0.2, 0) is 5.41 Å². The van der Waals surface area contributed by atoms with Crippen LogP contribution in [0.2, 0.25) is 0 Å². The number of benzene rings is 7. The van der Waals surface area contributed by atoms with Gasteiger partial charge in [0.2, 0.25) is 0 Å². The molecule has 0 heterocycles. The summed E-state index contributed by atoms with van der Waals surface area (Å²) in [6.45, 7) is 15.5. The number of hydrogen-bond acceptors (Lipinski definition) is 2. The van der Waals surface area contributed by atoms with Crippen molar-refractivity contribution in [1.29, 1.82) is 0 Å². The Kier molecular flexibility index (Phi) is 9.58. The molecule has 0 fully saturated rings. The van der Waals surface area contributed by atoms with Crippen molar-refractivity contribution >= 4 is 57.0 Å². The molecule has 2 nitrogen and oxygen atoms in total. The number of nitrogens with zero attached hydrogens (tertiary/aromatic N) is 2. The van der Waals surface area contributed by atoms with Gasteiger partial charge in [0.1, 0.15) is 0 Å². The smallest absolute Gasteiger partial charge is 0.0540 e. The average Bonchev–Trinajstić information content (AvgIpc) is 3.11. The van der Waals surface area contributed by atoms with Crippen molar-refractivity contribution in [2.45, 2.75) is 53.9 Å². The van der Waals surface area contributed by atoms with Crippen molar-refractivity contribution in [2.24, 2.45) is 0 Å². The maximum absolute atomic E-state index is 2.37. The van der Waals surface area contributed by atoms with Crippen LogP contribution in [0.15, 0.2) is 152 Å². The molecule has 7 aromatic rings. The van der Waals surface area contributed by atoms with Crippen LogP contribution < -0.4 is 9.80 Å². The molecule has 0 N–H and O–H groups in total. The predicted octanol–water partition coefficient (Wildman–Crippen LogP) is 14.5. The van der Waals surface area contributed by atoms with Gasteiger partial charge in [-0.1, -0.05) is 118 Å². The number of fused-ring (bicyclic) bond motifs is 1. The zero-order valence-corrected chi connectivity index (χ0v) is 31.5. The summed E-state index contributed by atoms with van der Waals surface area (Å²) < 4.78 is 0. The molecule has 7 rings (SSSR count). The highest BCUT2D eigenvalue weighted by atomic mass is 15.1. The summed E-state index contributed by atoms with van der Waals surface area (Å²) in [6, 6.07) is 55.5. The first-order valence-corrected chi connectivity index (χ1v) is 18.3. The second-order valence-electron chi connectivity index (χ2n) is 15.2. The van der Waals surface area contributed by atoms with Crippen molar-refractivity contribution in [1.82, 2.24) is 0 Å². The lowest BCUT2D eigenvalue weighted by atomic mass is 9.87. The Bertz CT molecular complexity index is 2260. The first-order valence-electron chi connectivity index (χ1n) is 18.3. The lowest BCUT2D eigenvalue weighted by Gasteiger charge is -2.28. The van der Waals surface area contributed by atoms with Crippen molar-refractivity contribution in [3.8, 4) is 0 Å². The third kappa shape index (κ3) is 7.57. The van der Waals surface area contributed by atoms with Crippen molar-refractivity contribution in [2.75, 3.05) is 9.80 Å². The van der Waals surface area contributed by atoms with E-state index in [1.165, 1.54) is 55.7 Å². The van der Waals surface area contributed by atoms with Crippen LogP contribution in [0.3, 0.4) is 0 Å². The first-order chi connectivity index (χ1) is 25.0. The molecule has 0 aromatic heterocycles. The molecule has 0 atom stereocenters. The fourth-order valence-corrected chi connectivity index (χ4v) is 7.21. The van der Waals surface area contributed by atoms with Crippen LogP contribution in [0.1, 0.15) is 59.7 Å². The van der Waals surface area contributed by atoms with Crippen LogP contribution in [0, 0.1) is 27.7 Å². The fraction of sp³-hybridized carbons (Fsp3) is 0.160. The van der Waals surface area contributed by atoms with E-state index in [9.17, 15) is 0 Å². The standard InChI is InChI=1S/C50H48N2/c1-35-29-36(2)32-46(31-35)51(47-33-37(3)30-38(4)34-47)43-23-17-39(18-24-43)15-16-40-19-25-44(26-20-40)52(45-27-21-42(22-28-45)50(5,6)7)49-14-10-12-41-11-8-9-13-48(41)49/h8-34H,1-7H3/b16-15+. The third-order valence-corrected chi connectivity index (χ3v) is 9.70. The lowest BCUT2D eigenvalue weighted by Crippen LogP contribution is -2.13. The van der Waals surface area contributed by atoms with Gasteiger partial charge in [0, 0.05) is 33.8 Å². The van der Waals surface area contributed by atoms with Crippen LogP contribution in [-0.4, -0.2) is 0 Å². The van der Waals surface area contributed by atoms with Gasteiger partial charge in [0.05, 0.1) is 5.69 Å². The monoisotopic (exact) mass is 676 g/mol. The van der Waals surface area contributed by atoms with Gasteiger partial charge in [0.25, 0.3) is 0 Å². The molecule has 0 aliphatic carbocycles. The molecule has 7 aromatic carbocycles. The first kappa shape index (κ1) is 34.6. The highest BCUT2D eigenvalue weighted by molar-refractivity contribution is 5.99. The van der Waals surface area contributed by atoms with E-state index in [2.05, 4.69) is 222 Å². The molecule has 0 unspecified atom stereocenters. The largest absolute Gasteiger partial charge is 0.310 e. The van der Waals surface area contributed by atoms with E-state index in [1.807, 2.05) is 0 Å². The van der Waals surface area contributed by atoms with Gasteiger partial charge in [0.15, 0.2) is 0 Å². The molecule has 0 aliphatic rings. The normalized spacial score (nSPS) is 11.7. The Morgan fingerprint density at radius 2 is 0.827 bits per heavy atom. The van der Waals surface area contributed by atoms with E-state index >= 15 is 0 Å². The second kappa shape index (κ2) is 14.4. The van der Waals surface area contributed by atoms with Gasteiger partial charge in [-0.3, -0.25) is 0 Å². The topological polar surface area (TPSA) is 6.48 Å². The quantitative estimate of drug-likeness (QED) is 0.148. The minimum atomic E-state index is 0.0940. The summed E-state index contributed by atoms with van der Waals surface area (Å²) in [7, 11) is 0. The zero-order chi connectivity index (χ0) is 36.4. The minimum absolute atomic E-state index is 0.0940. The molecule has 0 saturated carbocycles. The number of rotatable bonds is 8. The fourth-order valence-electron chi connectivity index (χ4n) is 7.21. The SMILES string of the molecule is Cc1cc(C)cc(N(c2ccc(/C=C/c3ccc(N(c4ccc(C(C)(C)C)cc4)c4cccc5ccccc45)cc3)cc2)c2cc(C)cc(C)c2)c1. The Hall–Kier alpha value is -5.86. The third-order valence-electron chi connectivity index (χ3n) is 9.70. The van der Waals surface area contributed by atoms with Crippen LogP contribution in [0.25, 0.3) is 22.9 Å². The zero-order valence-electron chi connectivity index (χ0n) is 31.5. The highest BCUT2D eigenvalue weighted by Crippen LogP contribution is 2.40. The Morgan fingerprint density at radius 3 is 1.31 bits per heavy atom. The van der Waals surface area contributed by atoms with E-state index in [0.29, 0.717) is 0 Å². The van der Waals surface area contributed by atoms with Gasteiger partial charge in [-0.05, 0) is 144 Å². The van der Waals surface area contributed by atoms with Gasteiger partial charge < -0.3 is 9.80 Å². The van der Waals surface area contributed by atoms with Gasteiger partial charge in [-0.25, -0.2) is 0 Å². The molecular formula is C50H48N2. The minimum Gasteiger partial charge on any atom is -0.310 e. The average molecular weight is 677 g/mol. The van der Waals surface area contributed by atoms with E-state index < -0.39 is 0 Å². The predicted molar refractivity (Wildman–Crippen MR) is 226 cm³/mol. The molecule has 0 saturated heterocycles. The number of hydrogen-bond donors (Lipinski definition) is 0. The summed E-state index contributed by atoms with van der Waals surface area (Å²) in [6.07, 6.45) is 4.40. The van der Waals surface area contributed by atoms with Crippen LogP contribution in [0.4, 0.5) is 34.1 Å². The Morgan fingerprint density at radius 1 is 0.404 bits per heavy atom. The molecular weight excluding hydrogens is 629 g/mol. The maximum Gasteiger partial charge on any atom is 0.0540 e. The van der Waals surface area contributed by atoms with Crippen molar-refractivity contribution < 1.29 is 0 Å². The molecule has 0 radical (unpaired) electrons. The number of anilines is 6. The Labute approximate surface area is 310 Å². The lowest BCUT2D eigenvalue weighted by molar-refractivity contribution is 0.590. The molecule has 258 valence electrons. The summed E-state index contributed by atoms with van der Waals surface area (Å²) in [5, 5.41) is 2.46. The summed E-state index contributed by atoms with van der Waals surface area (Å²) in [4.78, 5) is 4.74. The molecule has 2 heteroatoms. The number of aryl methyl sites for hydroxylation is 4. The van der Waals surface area contributed by atoms with E-state index in [1.54, 1.807) is 0 Å². The summed E-state index contributed by atoms with van der Waals surface area (Å²) >= 11 is 0. The molecule has 0 spiro atoms.